The molecule has 0 spiro atoms. The Morgan fingerprint density at radius 2 is 1.74 bits per heavy atom. The second kappa shape index (κ2) is 9.51. The third-order valence-corrected chi connectivity index (χ3v) is 6.13. The lowest BCUT2D eigenvalue weighted by atomic mass is 10.1. The molecular formula is C26H20F3N5O4. The van der Waals surface area contributed by atoms with Crippen LogP contribution in [0.2, 0.25) is 0 Å². The molecule has 38 heavy (non-hydrogen) atoms. The zero-order chi connectivity index (χ0) is 27.9. The van der Waals surface area contributed by atoms with E-state index in [1.807, 2.05) is 6.07 Å². The monoisotopic (exact) mass is 523 g/mol. The Morgan fingerprint density at radius 1 is 1.08 bits per heavy atom. The molecule has 0 fully saturated rings. The highest BCUT2D eigenvalue weighted by molar-refractivity contribution is 5.72. The van der Waals surface area contributed by atoms with Crippen molar-refractivity contribution in [3.8, 4) is 28.7 Å². The number of carbonyl (C=O) groups is 1. The average molecular weight is 523 g/mol. The number of halogens is 3. The van der Waals surface area contributed by atoms with Crippen molar-refractivity contribution in [3.63, 3.8) is 0 Å². The molecule has 0 amide bonds. The number of nitrogens with zero attached hydrogens (tertiary/aromatic N) is 5. The smallest absolute Gasteiger partial charge is 0.416 e. The summed E-state index contributed by atoms with van der Waals surface area (Å²) >= 11 is 0. The molecule has 0 aliphatic heterocycles. The number of aryl methyl sites for hydroxylation is 1. The number of aliphatic carboxylic acids is 1. The largest absolute Gasteiger partial charge is 0.480 e. The van der Waals surface area contributed by atoms with E-state index in [1.165, 1.54) is 36.0 Å². The summed E-state index contributed by atoms with van der Waals surface area (Å²) in [4.78, 5) is 39.0. The summed E-state index contributed by atoms with van der Waals surface area (Å²) in [6.07, 6.45) is -3.25. The molecule has 2 heterocycles. The Morgan fingerprint density at radius 3 is 2.32 bits per heavy atom. The van der Waals surface area contributed by atoms with Gasteiger partial charge in [-0.05, 0) is 68.8 Å². The van der Waals surface area contributed by atoms with Crippen LogP contribution >= 0.6 is 0 Å². The van der Waals surface area contributed by atoms with Crippen LogP contribution in [0.25, 0.3) is 22.6 Å². The number of carboxylic acid groups (broad SMARTS) is 1. The van der Waals surface area contributed by atoms with Crippen LogP contribution < -0.4 is 11.2 Å². The Hall–Kier alpha value is -4.92. The van der Waals surface area contributed by atoms with Crippen molar-refractivity contribution in [3.05, 3.63) is 98.0 Å². The normalized spacial score (nSPS) is 12.2. The summed E-state index contributed by atoms with van der Waals surface area (Å²) in [5.74, 6) is -1.48. The number of alkyl halides is 3. The van der Waals surface area contributed by atoms with E-state index in [9.17, 15) is 32.7 Å². The van der Waals surface area contributed by atoms with Crippen LogP contribution in [0.15, 0.2) is 64.3 Å². The molecule has 0 unspecified atom stereocenters. The minimum atomic E-state index is -4.70. The number of hydrogen-bond acceptors (Lipinski definition) is 5. The maximum Gasteiger partial charge on any atom is 0.416 e. The molecule has 0 aliphatic carbocycles. The third kappa shape index (κ3) is 4.39. The van der Waals surface area contributed by atoms with Gasteiger partial charge in [0.15, 0.2) is 0 Å². The lowest BCUT2D eigenvalue weighted by Crippen LogP contribution is -2.45. The second-order valence-corrected chi connectivity index (χ2v) is 8.56. The number of rotatable bonds is 5. The maximum absolute atomic E-state index is 13.7. The standard InChI is InChI=1S/C26H20F3N5O4/c1-14-13-31-34(19-9-7-17(12-30)8-10-19)22(14)21-15(2)32(20-6-4-5-18(11-20)26(27,28)29)25(38)33(23(21)35)16(3)24(36)37/h4-11,13,16H,1-3H3,(H,36,37)/t16-/m1/s1. The first-order chi connectivity index (χ1) is 17.9. The topological polar surface area (TPSA) is 123 Å². The highest BCUT2D eigenvalue weighted by atomic mass is 19.4. The SMILES string of the molecule is Cc1cnn(-c2ccc(C#N)cc2)c1-c1c(C)n(-c2cccc(C(F)(F)F)c2)c(=O)n([C@H](C)C(=O)O)c1=O. The molecular weight excluding hydrogens is 503 g/mol. The van der Waals surface area contributed by atoms with Crippen molar-refractivity contribution in [2.24, 2.45) is 0 Å². The zero-order valence-corrected chi connectivity index (χ0v) is 20.3. The first-order valence-corrected chi connectivity index (χ1v) is 11.2. The van der Waals surface area contributed by atoms with E-state index in [0.717, 1.165) is 29.7 Å². The minimum absolute atomic E-state index is 0.00772. The van der Waals surface area contributed by atoms with Crippen molar-refractivity contribution < 1.29 is 23.1 Å². The Bertz CT molecular complexity index is 1720. The summed E-state index contributed by atoms with van der Waals surface area (Å²) < 4.78 is 43.2. The van der Waals surface area contributed by atoms with E-state index in [0.29, 0.717) is 21.4 Å². The first kappa shape index (κ1) is 26.2. The van der Waals surface area contributed by atoms with Crippen LogP contribution in [-0.4, -0.2) is 30.0 Å². The van der Waals surface area contributed by atoms with Gasteiger partial charge >= 0.3 is 17.8 Å². The predicted octanol–water partition coefficient (Wildman–Crippen LogP) is 4.00. The van der Waals surface area contributed by atoms with Crippen LogP contribution in [0.1, 0.15) is 35.3 Å². The molecule has 0 aliphatic rings. The number of carboxylic acids is 1. The number of aromatic nitrogens is 4. The van der Waals surface area contributed by atoms with Gasteiger partial charge in [0.25, 0.3) is 5.56 Å². The fraction of sp³-hybridized carbons (Fsp3) is 0.192. The molecule has 0 bridgehead atoms. The molecule has 4 aromatic rings. The van der Waals surface area contributed by atoms with Gasteiger partial charge < -0.3 is 5.11 Å². The number of benzene rings is 2. The van der Waals surface area contributed by atoms with Crippen LogP contribution in [0.5, 0.6) is 0 Å². The van der Waals surface area contributed by atoms with Crippen LogP contribution in [0.3, 0.4) is 0 Å². The van der Waals surface area contributed by atoms with Crippen molar-refractivity contribution in [2.45, 2.75) is 33.0 Å². The molecule has 12 heteroatoms. The Labute approximate surface area is 213 Å². The summed E-state index contributed by atoms with van der Waals surface area (Å²) in [6, 6.07) is 10.6. The highest BCUT2D eigenvalue weighted by Gasteiger charge is 2.32. The first-order valence-electron chi connectivity index (χ1n) is 11.2. The average Bonchev–Trinajstić information content (AvgIpc) is 3.24. The van der Waals surface area contributed by atoms with Crippen molar-refractivity contribution >= 4 is 5.97 Å². The van der Waals surface area contributed by atoms with Gasteiger partial charge in [0.2, 0.25) is 0 Å². The fourth-order valence-corrected chi connectivity index (χ4v) is 4.18. The Kier molecular flexibility index (Phi) is 6.55. The molecule has 194 valence electrons. The van der Waals surface area contributed by atoms with Gasteiger partial charge in [-0.3, -0.25) is 9.36 Å². The van der Waals surface area contributed by atoms with Gasteiger partial charge in [0.1, 0.15) is 6.04 Å². The molecule has 4 rings (SSSR count). The van der Waals surface area contributed by atoms with Crippen molar-refractivity contribution in [2.75, 3.05) is 0 Å². The van der Waals surface area contributed by atoms with E-state index >= 15 is 0 Å². The van der Waals surface area contributed by atoms with Crippen LogP contribution in [-0.2, 0) is 11.0 Å². The van der Waals surface area contributed by atoms with Gasteiger partial charge in [-0.1, -0.05) is 6.07 Å². The maximum atomic E-state index is 13.7. The van der Waals surface area contributed by atoms with Crippen molar-refractivity contribution in [1.82, 2.24) is 18.9 Å². The summed E-state index contributed by atoms with van der Waals surface area (Å²) in [7, 11) is 0. The third-order valence-electron chi connectivity index (χ3n) is 6.13. The van der Waals surface area contributed by atoms with Crippen LogP contribution in [0.4, 0.5) is 13.2 Å². The van der Waals surface area contributed by atoms with Gasteiger partial charge in [-0.15, -0.1) is 0 Å². The summed E-state index contributed by atoms with van der Waals surface area (Å²) in [5, 5.41) is 23.0. The van der Waals surface area contributed by atoms with E-state index < -0.39 is 35.0 Å². The van der Waals surface area contributed by atoms with Gasteiger partial charge in [0.05, 0.1) is 46.0 Å². The number of hydrogen-bond donors (Lipinski definition) is 1. The number of nitriles is 1. The molecule has 1 atom stereocenters. The summed E-state index contributed by atoms with van der Waals surface area (Å²) in [6.45, 7) is 4.17. The molecule has 1 N–H and O–H groups in total. The molecule has 9 nitrogen and oxygen atoms in total. The lowest BCUT2D eigenvalue weighted by molar-refractivity contribution is -0.140. The zero-order valence-electron chi connectivity index (χ0n) is 20.3. The molecule has 0 saturated carbocycles. The van der Waals surface area contributed by atoms with Crippen LogP contribution in [0, 0.1) is 25.2 Å². The highest BCUT2D eigenvalue weighted by Crippen LogP contribution is 2.31. The second-order valence-electron chi connectivity index (χ2n) is 8.56. The van der Waals surface area contributed by atoms with Gasteiger partial charge in [-0.2, -0.15) is 23.5 Å². The van der Waals surface area contributed by atoms with E-state index in [1.54, 1.807) is 19.1 Å². The van der Waals surface area contributed by atoms with E-state index in [-0.39, 0.29) is 22.6 Å². The quantitative estimate of drug-likeness (QED) is 0.422. The van der Waals surface area contributed by atoms with E-state index in [4.69, 9.17) is 5.26 Å². The molecule has 2 aromatic heterocycles. The lowest BCUT2D eigenvalue weighted by Gasteiger charge is -2.21. The van der Waals surface area contributed by atoms with E-state index in [2.05, 4.69) is 5.10 Å². The van der Waals surface area contributed by atoms with Crippen molar-refractivity contribution in [1.29, 1.82) is 5.26 Å². The molecule has 2 aromatic carbocycles. The molecule has 0 saturated heterocycles. The predicted molar refractivity (Wildman–Crippen MR) is 130 cm³/mol. The van der Waals surface area contributed by atoms with Gasteiger partial charge in [0, 0.05) is 5.69 Å². The Balaban J connectivity index is 2.12. The summed E-state index contributed by atoms with van der Waals surface area (Å²) in [5.41, 5.74) is -1.85. The fourth-order valence-electron chi connectivity index (χ4n) is 4.18. The van der Waals surface area contributed by atoms with Gasteiger partial charge in [-0.25, -0.2) is 18.8 Å². The molecule has 0 radical (unpaired) electrons. The minimum Gasteiger partial charge on any atom is -0.480 e.